The Morgan fingerprint density at radius 1 is 1.04 bits per heavy atom. The average Bonchev–Trinajstić information content (AvgIpc) is 3.01. The fourth-order valence-corrected chi connectivity index (χ4v) is 3.03. The van der Waals surface area contributed by atoms with Crippen molar-refractivity contribution in [3.63, 3.8) is 0 Å². The molecular weight excluding hydrogens is 319 g/mol. The minimum absolute atomic E-state index is 0.0133. The van der Waals surface area contributed by atoms with Crippen molar-refractivity contribution < 1.29 is 14.0 Å². The number of amides is 2. The molecule has 1 aliphatic rings. The van der Waals surface area contributed by atoms with Gasteiger partial charge >= 0.3 is 0 Å². The number of hydrogen-bond acceptors (Lipinski definition) is 2. The molecule has 130 valence electrons. The monoisotopic (exact) mass is 340 g/mol. The Morgan fingerprint density at radius 2 is 1.72 bits per heavy atom. The third-order valence-corrected chi connectivity index (χ3v) is 4.44. The molecule has 1 heterocycles. The molecule has 3 rings (SSSR count). The third kappa shape index (κ3) is 4.44. The standard InChI is InChI=1S/C20H21FN2O2/c21-18-9-4-3-6-15(18)12-19(24)22-13-16-7-1-2-8-17(16)14-23-11-5-10-20(23)25/h1-4,6-9H,5,10-14H2,(H,22,24). The maximum atomic E-state index is 13.6. The lowest BCUT2D eigenvalue weighted by atomic mass is 10.1. The summed E-state index contributed by atoms with van der Waals surface area (Å²) in [6.07, 6.45) is 1.53. The summed E-state index contributed by atoms with van der Waals surface area (Å²) in [5, 5.41) is 2.84. The first-order valence-electron chi connectivity index (χ1n) is 8.48. The molecular formula is C20H21FN2O2. The SMILES string of the molecule is O=C(Cc1ccccc1F)NCc1ccccc1CN1CCCC1=O. The lowest BCUT2D eigenvalue weighted by Crippen LogP contribution is -2.27. The summed E-state index contributed by atoms with van der Waals surface area (Å²) in [5.74, 6) is -0.416. The quantitative estimate of drug-likeness (QED) is 0.879. The van der Waals surface area contributed by atoms with Crippen molar-refractivity contribution in [2.24, 2.45) is 0 Å². The van der Waals surface area contributed by atoms with Crippen LogP contribution in [0.5, 0.6) is 0 Å². The summed E-state index contributed by atoms with van der Waals surface area (Å²) in [4.78, 5) is 25.8. The molecule has 0 aliphatic carbocycles. The Morgan fingerprint density at radius 3 is 2.40 bits per heavy atom. The van der Waals surface area contributed by atoms with Gasteiger partial charge in [0.15, 0.2) is 0 Å². The maximum absolute atomic E-state index is 13.6. The molecule has 1 aliphatic heterocycles. The number of halogens is 1. The fraction of sp³-hybridized carbons (Fsp3) is 0.300. The van der Waals surface area contributed by atoms with Crippen molar-refractivity contribution in [1.29, 1.82) is 0 Å². The lowest BCUT2D eigenvalue weighted by Gasteiger charge is -2.18. The van der Waals surface area contributed by atoms with Crippen molar-refractivity contribution in [3.8, 4) is 0 Å². The summed E-state index contributed by atoms with van der Waals surface area (Å²) in [6, 6.07) is 14.0. The maximum Gasteiger partial charge on any atom is 0.224 e. The Hall–Kier alpha value is -2.69. The van der Waals surface area contributed by atoms with E-state index in [1.807, 2.05) is 29.2 Å². The van der Waals surface area contributed by atoms with Crippen LogP contribution < -0.4 is 5.32 Å². The van der Waals surface area contributed by atoms with Crippen LogP contribution >= 0.6 is 0 Å². The van der Waals surface area contributed by atoms with Gasteiger partial charge in [-0.3, -0.25) is 9.59 Å². The zero-order valence-corrected chi connectivity index (χ0v) is 14.0. The fourth-order valence-electron chi connectivity index (χ4n) is 3.03. The van der Waals surface area contributed by atoms with Gasteiger partial charge in [0.1, 0.15) is 5.82 Å². The molecule has 0 radical (unpaired) electrons. The van der Waals surface area contributed by atoms with Crippen molar-refractivity contribution in [2.45, 2.75) is 32.4 Å². The van der Waals surface area contributed by atoms with Crippen LogP contribution in [-0.4, -0.2) is 23.3 Å². The molecule has 1 saturated heterocycles. The molecule has 0 atom stereocenters. The van der Waals surface area contributed by atoms with Gasteiger partial charge < -0.3 is 10.2 Å². The largest absolute Gasteiger partial charge is 0.352 e. The van der Waals surface area contributed by atoms with Gasteiger partial charge in [-0.05, 0) is 29.2 Å². The Bertz CT molecular complexity index is 776. The zero-order valence-electron chi connectivity index (χ0n) is 14.0. The van der Waals surface area contributed by atoms with Crippen LogP contribution in [0.3, 0.4) is 0 Å². The molecule has 0 aromatic heterocycles. The summed E-state index contributed by atoms with van der Waals surface area (Å²) in [6.45, 7) is 1.72. The van der Waals surface area contributed by atoms with E-state index in [4.69, 9.17) is 0 Å². The van der Waals surface area contributed by atoms with Crippen LogP contribution in [-0.2, 0) is 29.1 Å². The van der Waals surface area contributed by atoms with Crippen LogP contribution in [0.25, 0.3) is 0 Å². The van der Waals surface area contributed by atoms with Crippen LogP contribution in [0.1, 0.15) is 29.5 Å². The minimum Gasteiger partial charge on any atom is -0.352 e. The van der Waals surface area contributed by atoms with Crippen molar-refractivity contribution in [1.82, 2.24) is 10.2 Å². The van der Waals surface area contributed by atoms with Crippen molar-refractivity contribution >= 4 is 11.8 Å². The van der Waals surface area contributed by atoms with Gasteiger partial charge in [-0.25, -0.2) is 4.39 Å². The van der Waals surface area contributed by atoms with E-state index in [9.17, 15) is 14.0 Å². The van der Waals surface area contributed by atoms with Crippen molar-refractivity contribution in [2.75, 3.05) is 6.54 Å². The van der Waals surface area contributed by atoms with Crippen molar-refractivity contribution in [3.05, 3.63) is 71.0 Å². The second-order valence-corrected chi connectivity index (χ2v) is 6.23. The molecule has 1 N–H and O–H groups in total. The normalized spacial score (nSPS) is 14.0. The Kier molecular flexibility index (Phi) is 5.43. The molecule has 0 spiro atoms. The number of carbonyl (C=O) groups is 2. The smallest absolute Gasteiger partial charge is 0.224 e. The van der Waals surface area contributed by atoms with Crippen LogP contribution in [0.4, 0.5) is 4.39 Å². The van der Waals surface area contributed by atoms with Crippen LogP contribution in [0.15, 0.2) is 48.5 Å². The summed E-state index contributed by atoms with van der Waals surface area (Å²) in [5.41, 5.74) is 2.39. The topological polar surface area (TPSA) is 49.4 Å². The molecule has 0 bridgehead atoms. The highest BCUT2D eigenvalue weighted by Crippen LogP contribution is 2.17. The molecule has 2 aromatic carbocycles. The van der Waals surface area contributed by atoms with E-state index in [0.29, 0.717) is 25.1 Å². The highest BCUT2D eigenvalue weighted by atomic mass is 19.1. The minimum atomic E-state index is -0.370. The van der Waals surface area contributed by atoms with Gasteiger partial charge in [0.05, 0.1) is 6.42 Å². The lowest BCUT2D eigenvalue weighted by molar-refractivity contribution is -0.128. The number of rotatable bonds is 6. The molecule has 1 fully saturated rings. The van der Waals surface area contributed by atoms with Gasteiger partial charge in [-0.2, -0.15) is 0 Å². The van der Waals surface area contributed by atoms with Gasteiger partial charge in [-0.15, -0.1) is 0 Å². The summed E-state index contributed by atoms with van der Waals surface area (Å²) in [7, 11) is 0. The second kappa shape index (κ2) is 7.92. The highest BCUT2D eigenvalue weighted by Gasteiger charge is 2.20. The molecule has 25 heavy (non-hydrogen) atoms. The Labute approximate surface area is 146 Å². The van der Waals surface area contributed by atoms with E-state index < -0.39 is 0 Å². The van der Waals surface area contributed by atoms with E-state index in [2.05, 4.69) is 5.32 Å². The molecule has 0 unspecified atom stereocenters. The third-order valence-electron chi connectivity index (χ3n) is 4.44. The van der Waals surface area contributed by atoms with E-state index in [0.717, 1.165) is 24.1 Å². The first kappa shape index (κ1) is 17.1. The van der Waals surface area contributed by atoms with Gasteiger partial charge in [0.25, 0.3) is 0 Å². The molecule has 4 nitrogen and oxygen atoms in total. The van der Waals surface area contributed by atoms with Crippen LogP contribution in [0.2, 0.25) is 0 Å². The van der Waals surface area contributed by atoms with E-state index >= 15 is 0 Å². The van der Waals surface area contributed by atoms with Crippen LogP contribution in [0, 0.1) is 5.82 Å². The second-order valence-electron chi connectivity index (χ2n) is 6.23. The summed E-state index contributed by atoms with van der Waals surface area (Å²) < 4.78 is 13.6. The molecule has 5 heteroatoms. The van der Waals surface area contributed by atoms with Gasteiger partial charge in [0.2, 0.25) is 11.8 Å². The van der Waals surface area contributed by atoms with Gasteiger partial charge in [-0.1, -0.05) is 42.5 Å². The first-order valence-corrected chi connectivity index (χ1v) is 8.48. The molecule has 2 amide bonds. The van der Waals surface area contributed by atoms with E-state index in [1.165, 1.54) is 6.07 Å². The number of hydrogen-bond donors (Lipinski definition) is 1. The predicted molar refractivity (Wildman–Crippen MR) is 93.0 cm³/mol. The number of nitrogens with zero attached hydrogens (tertiary/aromatic N) is 1. The van der Waals surface area contributed by atoms with Gasteiger partial charge in [0, 0.05) is 26.1 Å². The number of benzene rings is 2. The zero-order chi connectivity index (χ0) is 17.6. The average molecular weight is 340 g/mol. The first-order chi connectivity index (χ1) is 12.1. The highest BCUT2D eigenvalue weighted by molar-refractivity contribution is 5.79. The van der Waals surface area contributed by atoms with E-state index in [1.54, 1.807) is 18.2 Å². The molecule has 2 aromatic rings. The predicted octanol–water partition coefficient (Wildman–Crippen LogP) is 2.81. The number of nitrogens with one attached hydrogen (secondary N) is 1. The number of likely N-dealkylation sites (tertiary alicyclic amines) is 1. The van der Waals surface area contributed by atoms with E-state index in [-0.39, 0.29) is 24.1 Å². The summed E-state index contributed by atoms with van der Waals surface area (Å²) >= 11 is 0. The molecule has 0 saturated carbocycles. The number of carbonyl (C=O) groups excluding carboxylic acids is 2. The Balaban J connectivity index is 1.60.